The molecular weight excluding hydrogens is 430 g/mol. The van der Waals surface area contributed by atoms with E-state index in [1.807, 2.05) is 91.0 Å². The van der Waals surface area contributed by atoms with Crippen LogP contribution in [0.25, 0.3) is 46.1 Å². The summed E-state index contributed by atoms with van der Waals surface area (Å²) >= 11 is 0. The molecule has 0 radical (unpaired) electrons. The van der Waals surface area contributed by atoms with Gasteiger partial charge in [0, 0.05) is 11.1 Å². The minimum atomic E-state index is 0.215. The quantitative estimate of drug-likeness (QED) is 0.359. The van der Waals surface area contributed by atoms with Crippen molar-refractivity contribution in [3.05, 3.63) is 96.6 Å². The zero-order chi connectivity index (χ0) is 22.7. The van der Waals surface area contributed by atoms with Gasteiger partial charge in [0.2, 0.25) is 11.8 Å². The minimum absolute atomic E-state index is 0.215. The van der Waals surface area contributed by atoms with Gasteiger partial charge in [-0.05, 0) is 29.8 Å². The Hall–Kier alpha value is -4.92. The van der Waals surface area contributed by atoms with E-state index in [1.165, 1.54) is 0 Å². The molecule has 0 amide bonds. The van der Waals surface area contributed by atoms with Gasteiger partial charge in [-0.3, -0.25) is 0 Å². The Bertz CT molecular complexity index is 1520. The lowest BCUT2D eigenvalue weighted by molar-refractivity contribution is 0.565. The van der Waals surface area contributed by atoms with E-state index in [0.29, 0.717) is 29.7 Å². The molecule has 0 bridgehead atoms. The molecule has 0 fully saturated rings. The average Bonchev–Trinajstić information content (AvgIpc) is 3.65. The molecule has 0 unspecified atom stereocenters. The molecule has 0 spiro atoms. The van der Waals surface area contributed by atoms with E-state index < -0.39 is 0 Å². The van der Waals surface area contributed by atoms with E-state index in [0.717, 1.165) is 16.7 Å². The van der Waals surface area contributed by atoms with E-state index in [2.05, 4.69) is 30.7 Å². The Labute approximate surface area is 193 Å². The van der Waals surface area contributed by atoms with Crippen molar-refractivity contribution in [3.8, 4) is 46.1 Å². The fourth-order valence-corrected chi connectivity index (χ4v) is 3.57. The van der Waals surface area contributed by atoms with Crippen molar-refractivity contribution in [2.45, 2.75) is 6.54 Å². The number of rotatable bonds is 6. The van der Waals surface area contributed by atoms with Gasteiger partial charge in [-0.1, -0.05) is 71.9 Å². The summed E-state index contributed by atoms with van der Waals surface area (Å²) in [5.41, 5.74) is 3.53. The van der Waals surface area contributed by atoms with Gasteiger partial charge in [0.1, 0.15) is 0 Å². The summed E-state index contributed by atoms with van der Waals surface area (Å²) in [5.74, 6) is 1.25. The predicted molar refractivity (Wildman–Crippen MR) is 123 cm³/mol. The van der Waals surface area contributed by atoms with Gasteiger partial charge in [-0.2, -0.15) is 0 Å². The van der Waals surface area contributed by atoms with Crippen LogP contribution in [0.2, 0.25) is 0 Å². The molecule has 0 N–H and O–H groups in total. The van der Waals surface area contributed by atoms with Crippen molar-refractivity contribution in [1.29, 1.82) is 0 Å². The molecule has 0 aliphatic rings. The van der Waals surface area contributed by atoms with Crippen LogP contribution in [-0.2, 0) is 6.54 Å². The van der Waals surface area contributed by atoms with E-state index in [-0.39, 0.29) is 11.8 Å². The van der Waals surface area contributed by atoms with Gasteiger partial charge in [0.05, 0.1) is 6.54 Å². The van der Waals surface area contributed by atoms with Crippen LogP contribution in [0.15, 0.2) is 99.8 Å². The fourth-order valence-electron chi connectivity index (χ4n) is 3.57. The normalized spacial score (nSPS) is 11.1. The third-order valence-corrected chi connectivity index (χ3v) is 5.21. The first kappa shape index (κ1) is 19.7. The first-order chi connectivity index (χ1) is 16.8. The summed E-state index contributed by atoms with van der Waals surface area (Å²) in [7, 11) is 0. The fraction of sp³-hybridized carbons (Fsp3) is 0.0400. The van der Waals surface area contributed by atoms with Crippen molar-refractivity contribution in [2.24, 2.45) is 0 Å². The molecule has 0 atom stereocenters. The smallest absolute Gasteiger partial charge is 0.271 e. The zero-order valence-corrected chi connectivity index (χ0v) is 17.8. The largest absolute Gasteiger partial charge is 0.415 e. The average molecular weight is 447 g/mol. The Morgan fingerprint density at radius 1 is 0.529 bits per heavy atom. The Morgan fingerprint density at radius 2 is 1.03 bits per heavy atom. The SMILES string of the molecule is c1ccc(Cn2nnc(-c3nnc(-c4ccccc4)o3)c2-c2nnc(-c3ccccc3)o2)cc1. The summed E-state index contributed by atoms with van der Waals surface area (Å²) in [4.78, 5) is 0. The van der Waals surface area contributed by atoms with Crippen molar-refractivity contribution in [2.75, 3.05) is 0 Å². The molecule has 0 aliphatic carbocycles. The molecule has 0 saturated heterocycles. The van der Waals surface area contributed by atoms with Crippen molar-refractivity contribution >= 4 is 0 Å². The van der Waals surface area contributed by atoms with E-state index >= 15 is 0 Å². The Morgan fingerprint density at radius 3 is 1.65 bits per heavy atom. The molecule has 9 nitrogen and oxygen atoms in total. The van der Waals surface area contributed by atoms with Crippen LogP contribution < -0.4 is 0 Å². The van der Waals surface area contributed by atoms with Crippen LogP contribution in [0, 0.1) is 0 Å². The van der Waals surface area contributed by atoms with Gasteiger partial charge in [0.25, 0.3) is 11.8 Å². The van der Waals surface area contributed by atoms with E-state index in [1.54, 1.807) is 4.68 Å². The summed E-state index contributed by atoms with van der Waals surface area (Å²) in [6.45, 7) is 0.450. The molecule has 164 valence electrons. The van der Waals surface area contributed by atoms with Crippen LogP contribution in [0.4, 0.5) is 0 Å². The molecule has 0 aliphatic heterocycles. The van der Waals surface area contributed by atoms with Gasteiger partial charge >= 0.3 is 0 Å². The number of hydrogen-bond acceptors (Lipinski definition) is 8. The first-order valence-electron chi connectivity index (χ1n) is 10.6. The Kier molecular flexibility index (Phi) is 4.96. The number of benzene rings is 3. The third kappa shape index (κ3) is 3.75. The van der Waals surface area contributed by atoms with Crippen LogP contribution >= 0.6 is 0 Å². The van der Waals surface area contributed by atoms with E-state index in [4.69, 9.17) is 8.83 Å². The van der Waals surface area contributed by atoms with Gasteiger partial charge in [-0.25, -0.2) is 4.68 Å². The predicted octanol–water partition coefficient (Wildman–Crippen LogP) is 4.76. The maximum absolute atomic E-state index is 6.03. The lowest BCUT2D eigenvalue weighted by Gasteiger charge is -2.04. The minimum Gasteiger partial charge on any atom is -0.415 e. The molecular formula is C25H17N7O2. The maximum Gasteiger partial charge on any atom is 0.271 e. The van der Waals surface area contributed by atoms with Crippen molar-refractivity contribution in [3.63, 3.8) is 0 Å². The molecule has 3 heterocycles. The number of nitrogens with zero attached hydrogens (tertiary/aromatic N) is 7. The number of aromatic nitrogens is 7. The van der Waals surface area contributed by atoms with Crippen LogP contribution in [0.3, 0.4) is 0 Å². The zero-order valence-electron chi connectivity index (χ0n) is 17.8. The maximum atomic E-state index is 6.03. The third-order valence-electron chi connectivity index (χ3n) is 5.21. The van der Waals surface area contributed by atoms with Crippen molar-refractivity contribution < 1.29 is 8.83 Å². The summed E-state index contributed by atoms with van der Waals surface area (Å²) in [6, 6.07) is 29.0. The summed E-state index contributed by atoms with van der Waals surface area (Å²) in [6.07, 6.45) is 0. The highest BCUT2D eigenvalue weighted by molar-refractivity contribution is 5.70. The molecule has 0 saturated carbocycles. The Balaban J connectivity index is 1.44. The molecule has 9 heteroatoms. The lowest BCUT2D eigenvalue weighted by Crippen LogP contribution is -2.04. The second kappa shape index (κ2) is 8.55. The summed E-state index contributed by atoms with van der Waals surface area (Å²) < 4.78 is 13.7. The van der Waals surface area contributed by atoms with Crippen molar-refractivity contribution in [1.82, 2.24) is 35.4 Å². The topological polar surface area (TPSA) is 109 Å². The second-order valence-electron chi connectivity index (χ2n) is 7.49. The molecule has 3 aromatic heterocycles. The number of hydrogen-bond donors (Lipinski definition) is 0. The summed E-state index contributed by atoms with van der Waals surface area (Å²) in [5, 5.41) is 25.6. The second-order valence-corrected chi connectivity index (χ2v) is 7.49. The first-order valence-corrected chi connectivity index (χ1v) is 10.6. The standard InChI is InChI=1S/C25H17N7O2/c1-4-10-17(11-5-1)16-32-21(25-30-28-23(34-25)19-14-8-3-9-15-19)20(26-31-32)24-29-27-22(33-24)18-12-6-2-7-13-18/h1-15H,16H2. The van der Waals surface area contributed by atoms with Gasteiger partial charge in [-0.15, -0.1) is 25.5 Å². The van der Waals surface area contributed by atoms with Crippen LogP contribution in [0.5, 0.6) is 0 Å². The monoisotopic (exact) mass is 447 g/mol. The lowest BCUT2D eigenvalue weighted by atomic mass is 10.2. The molecule has 6 aromatic rings. The van der Waals surface area contributed by atoms with E-state index in [9.17, 15) is 0 Å². The molecule has 3 aromatic carbocycles. The van der Waals surface area contributed by atoms with Gasteiger partial charge < -0.3 is 8.83 Å². The molecule has 34 heavy (non-hydrogen) atoms. The molecule has 6 rings (SSSR count). The highest BCUT2D eigenvalue weighted by Crippen LogP contribution is 2.32. The van der Waals surface area contributed by atoms with Crippen LogP contribution in [0.1, 0.15) is 5.56 Å². The highest BCUT2D eigenvalue weighted by Gasteiger charge is 2.26. The van der Waals surface area contributed by atoms with Crippen LogP contribution in [-0.4, -0.2) is 35.4 Å². The highest BCUT2D eigenvalue weighted by atomic mass is 16.4. The van der Waals surface area contributed by atoms with Gasteiger partial charge in [0.15, 0.2) is 11.4 Å².